The summed E-state index contributed by atoms with van der Waals surface area (Å²) < 4.78 is 49.5. The fourth-order valence-corrected chi connectivity index (χ4v) is 4.16. The molecule has 0 aliphatic carbocycles. The van der Waals surface area contributed by atoms with Crippen molar-refractivity contribution in [2.45, 2.75) is 11.8 Å². The van der Waals surface area contributed by atoms with E-state index in [4.69, 9.17) is 18.9 Å². The van der Waals surface area contributed by atoms with Gasteiger partial charge in [0.05, 0.1) is 10.5 Å². The van der Waals surface area contributed by atoms with Crippen molar-refractivity contribution in [3.8, 4) is 17.2 Å². The Morgan fingerprint density at radius 1 is 0.909 bits per heavy atom. The number of benzene rings is 3. The Labute approximate surface area is 192 Å². The van der Waals surface area contributed by atoms with Gasteiger partial charge in [-0.2, -0.15) is 0 Å². The third-order valence-corrected chi connectivity index (χ3v) is 6.18. The highest BCUT2D eigenvalue weighted by atomic mass is 32.2. The molecule has 8 nitrogen and oxygen atoms in total. The van der Waals surface area contributed by atoms with Crippen LogP contribution in [0, 0.1) is 6.92 Å². The summed E-state index contributed by atoms with van der Waals surface area (Å²) in [6, 6.07) is 18.0. The molecule has 0 saturated heterocycles. The lowest BCUT2D eigenvalue weighted by Crippen LogP contribution is -2.17. The minimum atomic E-state index is -3.84. The van der Waals surface area contributed by atoms with Crippen LogP contribution in [-0.4, -0.2) is 40.8 Å². The Balaban J connectivity index is 1.31. The van der Waals surface area contributed by atoms with Crippen LogP contribution in [0.5, 0.6) is 17.2 Å². The summed E-state index contributed by atoms with van der Waals surface area (Å²) >= 11 is 0. The van der Waals surface area contributed by atoms with Crippen LogP contribution in [0.2, 0.25) is 0 Å². The van der Waals surface area contributed by atoms with Crippen molar-refractivity contribution in [1.29, 1.82) is 0 Å². The van der Waals surface area contributed by atoms with E-state index in [2.05, 4.69) is 4.72 Å². The maximum atomic E-state index is 12.7. The van der Waals surface area contributed by atoms with Crippen LogP contribution in [0.25, 0.3) is 0 Å². The Morgan fingerprint density at radius 3 is 2.33 bits per heavy atom. The maximum absolute atomic E-state index is 12.7. The van der Waals surface area contributed by atoms with Crippen molar-refractivity contribution in [3.05, 3.63) is 77.9 Å². The van der Waals surface area contributed by atoms with Crippen molar-refractivity contribution in [1.82, 2.24) is 0 Å². The van der Waals surface area contributed by atoms with Gasteiger partial charge in [-0.3, -0.25) is 4.72 Å². The number of esters is 1. The summed E-state index contributed by atoms with van der Waals surface area (Å²) in [5, 5.41) is 0. The second kappa shape index (κ2) is 9.83. The lowest BCUT2D eigenvalue weighted by Gasteiger charge is -2.19. The van der Waals surface area contributed by atoms with Crippen molar-refractivity contribution in [3.63, 3.8) is 0 Å². The Bertz CT molecular complexity index is 1220. The average Bonchev–Trinajstić information content (AvgIpc) is 2.83. The maximum Gasteiger partial charge on any atom is 0.338 e. The van der Waals surface area contributed by atoms with Crippen LogP contribution in [0.4, 0.5) is 5.69 Å². The predicted octanol–water partition coefficient (Wildman–Crippen LogP) is 3.80. The first kappa shape index (κ1) is 22.5. The smallest absolute Gasteiger partial charge is 0.338 e. The molecular formula is C24H23NO7S. The summed E-state index contributed by atoms with van der Waals surface area (Å²) in [6.07, 6.45) is 0. The number of sulfonamides is 1. The van der Waals surface area contributed by atoms with Crippen LogP contribution >= 0.6 is 0 Å². The molecular weight excluding hydrogens is 446 g/mol. The van der Waals surface area contributed by atoms with Crippen LogP contribution in [0.3, 0.4) is 0 Å². The molecule has 0 aromatic heterocycles. The SMILES string of the molecule is Cc1ccc(OCCOC(=O)c2ccc(NS(=O)(=O)c3ccc4c(c3)OCCO4)cc2)cc1. The number of ether oxygens (including phenoxy) is 4. The predicted molar refractivity (Wildman–Crippen MR) is 122 cm³/mol. The second-order valence-electron chi connectivity index (χ2n) is 7.29. The summed E-state index contributed by atoms with van der Waals surface area (Å²) in [5.41, 5.74) is 1.74. The van der Waals surface area contributed by atoms with E-state index in [-0.39, 0.29) is 18.1 Å². The molecule has 0 atom stereocenters. The van der Waals surface area contributed by atoms with Gasteiger partial charge in [0.25, 0.3) is 10.0 Å². The summed E-state index contributed by atoms with van der Waals surface area (Å²) in [6.45, 7) is 3.08. The van der Waals surface area contributed by atoms with Crippen LogP contribution in [0.1, 0.15) is 15.9 Å². The summed E-state index contributed by atoms with van der Waals surface area (Å²) in [4.78, 5) is 12.3. The van der Waals surface area contributed by atoms with Gasteiger partial charge in [0.1, 0.15) is 32.2 Å². The Kier molecular flexibility index (Phi) is 6.69. The summed E-state index contributed by atoms with van der Waals surface area (Å²) in [7, 11) is -3.84. The Hall–Kier alpha value is -3.72. The molecule has 4 rings (SSSR count). The molecule has 33 heavy (non-hydrogen) atoms. The zero-order chi connectivity index (χ0) is 23.3. The van der Waals surface area contributed by atoms with Crippen molar-refractivity contribution in [2.24, 2.45) is 0 Å². The molecule has 0 spiro atoms. The van der Waals surface area contributed by atoms with Crippen LogP contribution in [-0.2, 0) is 14.8 Å². The van der Waals surface area contributed by atoms with Gasteiger partial charge in [-0.1, -0.05) is 17.7 Å². The zero-order valence-corrected chi connectivity index (χ0v) is 18.8. The van der Waals surface area contributed by atoms with E-state index < -0.39 is 16.0 Å². The molecule has 3 aromatic rings. The first-order valence-corrected chi connectivity index (χ1v) is 11.8. The van der Waals surface area contributed by atoms with E-state index in [9.17, 15) is 13.2 Å². The number of carbonyl (C=O) groups is 1. The van der Waals surface area contributed by atoms with Gasteiger partial charge in [0, 0.05) is 11.8 Å². The third-order valence-electron chi connectivity index (χ3n) is 4.80. The molecule has 172 valence electrons. The first-order chi connectivity index (χ1) is 15.9. The lowest BCUT2D eigenvalue weighted by molar-refractivity contribution is 0.0450. The minimum absolute atomic E-state index is 0.0452. The fourth-order valence-electron chi connectivity index (χ4n) is 3.09. The molecule has 0 unspecified atom stereocenters. The van der Waals surface area contributed by atoms with Gasteiger partial charge < -0.3 is 18.9 Å². The van der Waals surface area contributed by atoms with Gasteiger partial charge in [0.2, 0.25) is 0 Å². The number of aryl methyl sites for hydroxylation is 1. The van der Waals surface area contributed by atoms with E-state index in [1.54, 1.807) is 6.07 Å². The number of fused-ring (bicyclic) bond motifs is 1. The quantitative estimate of drug-likeness (QED) is 0.396. The van der Waals surface area contributed by atoms with E-state index in [0.717, 1.165) is 5.56 Å². The molecule has 1 aliphatic heterocycles. The third kappa shape index (κ3) is 5.75. The standard InChI is InChI=1S/C24H23NO7S/c1-17-2-8-20(9-3-17)29-12-15-32-24(26)18-4-6-19(7-5-18)25-33(27,28)21-10-11-22-23(16-21)31-14-13-30-22/h2-11,16,25H,12-15H2,1H3. The topological polar surface area (TPSA) is 100 Å². The largest absolute Gasteiger partial charge is 0.490 e. The van der Waals surface area contributed by atoms with E-state index >= 15 is 0 Å². The molecule has 1 N–H and O–H groups in total. The van der Waals surface area contributed by atoms with Crippen LogP contribution in [0.15, 0.2) is 71.6 Å². The highest BCUT2D eigenvalue weighted by Gasteiger charge is 2.19. The van der Waals surface area contributed by atoms with E-state index in [0.29, 0.717) is 41.7 Å². The van der Waals surface area contributed by atoms with Gasteiger partial charge in [-0.25, -0.2) is 13.2 Å². The van der Waals surface area contributed by atoms with E-state index in [1.807, 2.05) is 31.2 Å². The minimum Gasteiger partial charge on any atom is -0.490 e. The van der Waals surface area contributed by atoms with Gasteiger partial charge in [0.15, 0.2) is 11.5 Å². The van der Waals surface area contributed by atoms with Gasteiger partial charge >= 0.3 is 5.97 Å². The highest BCUT2D eigenvalue weighted by molar-refractivity contribution is 7.92. The fraction of sp³-hybridized carbons (Fsp3) is 0.208. The molecule has 3 aromatic carbocycles. The number of rotatable bonds is 8. The molecule has 0 fully saturated rings. The van der Waals surface area contributed by atoms with Gasteiger partial charge in [-0.05, 0) is 55.5 Å². The number of hydrogen-bond donors (Lipinski definition) is 1. The molecule has 0 amide bonds. The molecule has 0 radical (unpaired) electrons. The summed E-state index contributed by atoms with van der Waals surface area (Å²) in [5.74, 6) is 1.07. The second-order valence-corrected chi connectivity index (χ2v) is 8.97. The molecule has 0 saturated carbocycles. The highest BCUT2D eigenvalue weighted by Crippen LogP contribution is 2.32. The number of nitrogens with one attached hydrogen (secondary N) is 1. The normalized spacial score (nSPS) is 12.6. The monoisotopic (exact) mass is 469 g/mol. The van der Waals surface area contributed by atoms with Crippen LogP contribution < -0.4 is 18.9 Å². The van der Waals surface area contributed by atoms with Crippen molar-refractivity contribution in [2.75, 3.05) is 31.1 Å². The van der Waals surface area contributed by atoms with E-state index in [1.165, 1.54) is 36.4 Å². The molecule has 1 heterocycles. The number of anilines is 1. The van der Waals surface area contributed by atoms with Crippen molar-refractivity contribution >= 4 is 21.7 Å². The number of hydrogen-bond acceptors (Lipinski definition) is 7. The number of carbonyl (C=O) groups excluding carboxylic acids is 1. The molecule has 9 heteroatoms. The zero-order valence-electron chi connectivity index (χ0n) is 17.9. The van der Waals surface area contributed by atoms with Gasteiger partial charge in [-0.15, -0.1) is 0 Å². The average molecular weight is 470 g/mol. The Morgan fingerprint density at radius 2 is 1.61 bits per heavy atom. The molecule has 0 bridgehead atoms. The lowest BCUT2D eigenvalue weighted by atomic mass is 10.2. The van der Waals surface area contributed by atoms with Crippen molar-refractivity contribution < 1.29 is 32.2 Å². The first-order valence-electron chi connectivity index (χ1n) is 10.3. The molecule has 1 aliphatic rings.